The molecule has 1 fully saturated rings. The molecule has 38 heavy (non-hydrogen) atoms. The van der Waals surface area contributed by atoms with Gasteiger partial charge in [0.1, 0.15) is 23.8 Å². The third-order valence-corrected chi connectivity index (χ3v) is 7.48. The smallest absolute Gasteiger partial charge is 0.306 e. The molecule has 6 nitrogen and oxygen atoms in total. The number of hydrogen-bond acceptors (Lipinski definition) is 5. The molecular formula is C30H32F2N2O4. The molecule has 2 aliphatic rings. The standard InChI is InChI=1S/C30H32F2N2O4/c1-18(30(35)36)11-19-3-4-20-6-8-27(38-28(20)12-19)21-5-7-24(25-14-29(37-2)33-15-26(25)32)22(13-21)16-34-10-9-23(31)17-34/h3-5,7,12-15,18,23,27H,6,8-11,16-17H2,1-2H3,(H,35,36)/t18-,23+,27?/m0/s1. The van der Waals surface area contributed by atoms with Gasteiger partial charge in [0.05, 0.1) is 19.2 Å². The first kappa shape index (κ1) is 26.1. The van der Waals surface area contributed by atoms with Crippen LogP contribution in [-0.4, -0.2) is 47.3 Å². The largest absolute Gasteiger partial charge is 0.485 e. The first-order valence-corrected chi connectivity index (χ1v) is 13.0. The molecule has 3 aromatic rings. The Morgan fingerprint density at radius 2 is 2.05 bits per heavy atom. The lowest BCUT2D eigenvalue weighted by atomic mass is 9.91. The van der Waals surface area contributed by atoms with E-state index in [9.17, 15) is 18.7 Å². The van der Waals surface area contributed by atoms with E-state index in [4.69, 9.17) is 9.47 Å². The van der Waals surface area contributed by atoms with E-state index in [2.05, 4.69) is 9.88 Å². The van der Waals surface area contributed by atoms with E-state index in [1.807, 2.05) is 36.4 Å². The number of carboxylic acid groups (broad SMARTS) is 1. The topological polar surface area (TPSA) is 71.9 Å². The van der Waals surface area contributed by atoms with Gasteiger partial charge in [0, 0.05) is 31.3 Å². The van der Waals surface area contributed by atoms with E-state index in [0.29, 0.717) is 43.9 Å². The second kappa shape index (κ2) is 11.1. The first-order chi connectivity index (χ1) is 18.3. The van der Waals surface area contributed by atoms with Crippen molar-refractivity contribution in [3.05, 3.63) is 76.7 Å². The highest BCUT2D eigenvalue weighted by molar-refractivity contribution is 5.70. The summed E-state index contributed by atoms with van der Waals surface area (Å²) < 4.78 is 40.5. The lowest BCUT2D eigenvalue weighted by molar-refractivity contribution is -0.141. The molecule has 3 heterocycles. The Hall–Kier alpha value is -3.52. The molecule has 0 spiro atoms. The van der Waals surface area contributed by atoms with E-state index < -0.39 is 23.9 Å². The second-order valence-corrected chi connectivity index (χ2v) is 10.3. The molecule has 2 aliphatic heterocycles. The zero-order valence-corrected chi connectivity index (χ0v) is 21.6. The Bertz CT molecular complexity index is 1330. The van der Waals surface area contributed by atoms with Crippen LogP contribution in [0.1, 0.15) is 48.1 Å². The fraction of sp³-hybridized carbons (Fsp3) is 0.400. The van der Waals surface area contributed by atoms with Crippen LogP contribution in [0, 0.1) is 11.7 Å². The summed E-state index contributed by atoms with van der Waals surface area (Å²) >= 11 is 0. The molecule has 8 heteroatoms. The minimum Gasteiger partial charge on any atom is -0.485 e. The molecule has 200 valence electrons. The van der Waals surface area contributed by atoms with E-state index in [-0.39, 0.29) is 6.10 Å². The van der Waals surface area contributed by atoms with Crippen molar-refractivity contribution in [2.75, 3.05) is 20.2 Å². The highest BCUT2D eigenvalue weighted by Gasteiger charge is 2.26. The number of alkyl halides is 1. The number of likely N-dealkylation sites (tertiary alicyclic amines) is 1. The van der Waals surface area contributed by atoms with Gasteiger partial charge in [-0.05, 0) is 59.6 Å². The van der Waals surface area contributed by atoms with Crippen LogP contribution in [0.2, 0.25) is 0 Å². The van der Waals surface area contributed by atoms with Crippen molar-refractivity contribution in [1.29, 1.82) is 0 Å². The molecule has 2 aromatic carbocycles. The maximum Gasteiger partial charge on any atom is 0.306 e. The first-order valence-electron chi connectivity index (χ1n) is 13.0. The summed E-state index contributed by atoms with van der Waals surface area (Å²) in [6, 6.07) is 13.4. The molecule has 1 N–H and O–H groups in total. The Labute approximate surface area is 221 Å². The molecule has 5 rings (SSSR count). The predicted molar refractivity (Wildman–Crippen MR) is 140 cm³/mol. The van der Waals surface area contributed by atoms with Crippen molar-refractivity contribution < 1.29 is 28.2 Å². The van der Waals surface area contributed by atoms with Crippen LogP contribution in [0.4, 0.5) is 8.78 Å². The van der Waals surface area contributed by atoms with Gasteiger partial charge in [0.2, 0.25) is 5.88 Å². The van der Waals surface area contributed by atoms with Gasteiger partial charge >= 0.3 is 5.97 Å². The molecule has 1 saturated heterocycles. The summed E-state index contributed by atoms with van der Waals surface area (Å²) in [5, 5.41) is 9.28. The summed E-state index contributed by atoms with van der Waals surface area (Å²) in [4.78, 5) is 17.3. The molecule has 0 saturated carbocycles. The normalized spacial score (nSPS) is 20.0. The van der Waals surface area contributed by atoms with Crippen molar-refractivity contribution in [2.45, 2.75) is 51.4 Å². The fourth-order valence-corrected chi connectivity index (χ4v) is 5.33. The molecule has 0 radical (unpaired) electrons. The van der Waals surface area contributed by atoms with Gasteiger partial charge in [-0.1, -0.05) is 37.3 Å². The van der Waals surface area contributed by atoms with Crippen molar-refractivity contribution in [2.24, 2.45) is 5.92 Å². The molecular weight excluding hydrogens is 490 g/mol. The highest BCUT2D eigenvalue weighted by atomic mass is 19.1. The van der Waals surface area contributed by atoms with Gasteiger partial charge in [-0.3, -0.25) is 9.69 Å². The number of aryl methyl sites for hydroxylation is 1. The number of carbonyl (C=O) groups is 1. The Morgan fingerprint density at radius 1 is 1.21 bits per heavy atom. The Balaban J connectivity index is 1.45. The number of rotatable bonds is 8. The zero-order valence-electron chi connectivity index (χ0n) is 21.6. The number of benzene rings is 2. The molecule has 1 aromatic heterocycles. The summed E-state index contributed by atoms with van der Waals surface area (Å²) in [5.74, 6) is -0.664. The summed E-state index contributed by atoms with van der Waals surface area (Å²) in [7, 11) is 1.49. The quantitative estimate of drug-likeness (QED) is 0.405. The second-order valence-electron chi connectivity index (χ2n) is 10.3. The van der Waals surface area contributed by atoms with Gasteiger partial charge in [0.15, 0.2) is 0 Å². The number of ether oxygens (including phenoxy) is 2. The van der Waals surface area contributed by atoms with Crippen LogP contribution < -0.4 is 9.47 Å². The number of aromatic nitrogens is 1. The highest BCUT2D eigenvalue weighted by Crippen LogP contribution is 2.38. The van der Waals surface area contributed by atoms with Crippen LogP contribution >= 0.6 is 0 Å². The molecule has 3 atom stereocenters. The van der Waals surface area contributed by atoms with Crippen molar-refractivity contribution in [3.8, 4) is 22.8 Å². The number of nitrogens with zero attached hydrogens (tertiary/aromatic N) is 2. The number of carboxylic acids is 1. The number of aliphatic carboxylic acids is 1. The van der Waals surface area contributed by atoms with Gasteiger partial charge in [-0.25, -0.2) is 13.8 Å². The van der Waals surface area contributed by atoms with Gasteiger partial charge in [-0.15, -0.1) is 0 Å². The minimum atomic E-state index is -0.851. The third-order valence-electron chi connectivity index (χ3n) is 7.48. The predicted octanol–water partition coefficient (Wildman–Crippen LogP) is 5.77. The van der Waals surface area contributed by atoms with Gasteiger partial charge < -0.3 is 14.6 Å². The Kier molecular flexibility index (Phi) is 7.61. The lowest BCUT2D eigenvalue weighted by Gasteiger charge is -2.28. The van der Waals surface area contributed by atoms with Crippen LogP contribution in [0.5, 0.6) is 11.6 Å². The minimum absolute atomic E-state index is 0.202. The van der Waals surface area contributed by atoms with Crippen LogP contribution in [-0.2, 0) is 24.2 Å². The fourth-order valence-electron chi connectivity index (χ4n) is 5.33. The summed E-state index contributed by atoms with van der Waals surface area (Å²) in [6.07, 6.45) is 2.65. The van der Waals surface area contributed by atoms with E-state index in [1.54, 1.807) is 13.0 Å². The monoisotopic (exact) mass is 522 g/mol. The lowest BCUT2D eigenvalue weighted by Crippen LogP contribution is -2.21. The Morgan fingerprint density at radius 3 is 2.79 bits per heavy atom. The summed E-state index contributed by atoms with van der Waals surface area (Å²) in [6.45, 7) is 3.20. The maximum atomic E-state index is 14.9. The van der Waals surface area contributed by atoms with Crippen LogP contribution in [0.3, 0.4) is 0 Å². The number of hydrogen-bond donors (Lipinski definition) is 1. The molecule has 0 bridgehead atoms. The molecule has 0 aliphatic carbocycles. The van der Waals surface area contributed by atoms with Crippen molar-refractivity contribution >= 4 is 5.97 Å². The van der Waals surface area contributed by atoms with Gasteiger partial charge in [-0.2, -0.15) is 0 Å². The SMILES string of the molecule is COc1cc(-c2ccc(C3CCc4ccc(C[C@H](C)C(=O)O)cc4O3)cc2CN2CC[C@@H](F)C2)c(F)cn1. The average molecular weight is 523 g/mol. The van der Waals surface area contributed by atoms with Crippen molar-refractivity contribution in [3.63, 3.8) is 0 Å². The number of methoxy groups -OCH3 is 1. The molecule has 1 unspecified atom stereocenters. The molecule has 0 amide bonds. The van der Waals surface area contributed by atoms with E-state index >= 15 is 0 Å². The number of halogens is 2. The maximum absolute atomic E-state index is 14.9. The van der Waals surface area contributed by atoms with Gasteiger partial charge in [0.25, 0.3) is 0 Å². The third kappa shape index (κ3) is 5.65. The number of pyridine rings is 1. The van der Waals surface area contributed by atoms with E-state index in [1.165, 1.54) is 7.11 Å². The van der Waals surface area contributed by atoms with Crippen LogP contribution in [0.15, 0.2) is 48.7 Å². The average Bonchev–Trinajstić information content (AvgIpc) is 3.33. The number of fused-ring (bicyclic) bond motifs is 1. The van der Waals surface area contributed by atoms with E-state index in [0.717, 1.165) is 52.6 Å². The van der Waals surface area contributed by atoms with Crippen molar-refractivity contribution in [1.82, 2.24) is 9.88 Å². The zero-order chi connectivity index (χ0) is 26.8. The summed E-state index contributed by atoms with van der Waals surface area (Å²) in [5.41, 5.74) is 4.99. The van der Waals surface area contributed by atoms with Crippen LogP contribution in [0.25, 0.3) is 11.1 Å².